The number of rotatable bonds is 4. The fraction of sp³-hybridized carbons (Fsp3) is 0.143. The number of imidazole rings is 1. The summed E-state index contributed by atoms with van der Waals surface area (Å²) >= 11 is 0. The summed E-state index contributed by atoms with van der Waals surface area (Å²) in [6.07, 6.45) is 5.31. The van der Waals surface area contributed by atoms with Gasteiger partial charge in [-0.05, 0) is 23.8 Å². The van der Waals surface area contributed by atoms with Gasteiger partial charge in [0.25, 0.3) is 5.91 Å². The van der Waals surface area contributed by atoms with E-state index in [-0.39, 0.29) is 11.7 Å². The van der Waals surface area contributed by atoms with E-state index in [1.807, 2.05) is 59.9 Å². The summed E-state index contributed by atoms with van der Waals surface area (Å²) in [7, 11) is 3.78. The van der Waals surface area contributed by atoms with Crippen molar-refractivity contribution in [2.75, 3.05) is 0 Å². The van der Waals surface area contributed by atoms with E-state index in [4.69, 9.17) is 0 Å². The molecule has 0 bridgehead atoms. The topological polar surface area (TPSA) is 51.9 Å². The van der Waals surface area contributed by atoms with Crippen LogP contribution in [0.25, 0.3) is 10.9 Å². The van der Waals surface area contributed by atoms with E-state index < -0.39 is 6.04 Å². The fourth-order valence-corrected chi connectivity index (χ4v) is 3.34. The molecule has 0 saturated heterocycles. The van der Waals surface area contributed by atoms with E-state index in [9.17, 15) is 9.18 Å². The molecular weight excluding hydrogens is 343 g/mol. The van der Waals surface area contributed by atoms with Gasteiger partial charge in [0.15, 0.2) is 0 Å². The molecule has 2 aromatic heterocycles. The van der Waals surface area contributed by atoms with Gasteiger partial charge in [-0.2, -0.15) is 0 Å². The average molecular weight is 362 g/mol. The van der Waals surface area contributed by atoms with Gasteiger partial charge in [0, 0.05) is 43.6 Å². The number of benzene rings is 2. The van der Waals surface area contributed by atoms with Crippen LogP contribution < -0.4 is 5.32 Å². The van der Waals surface area contributed by atoms with Gasteiger partial charge >= 0.3 is 0 Å². The number of hydrogen-bond donors (Lipinski definition) is 1. The number of aryl methyl sites for hydroxylation is 2. The Morgan fingerprint density at radius 2 is 1.81 bits per heavy atom. The number of aromatic nitrogens is 3. The molecule has 136 valence electrons. The lowest BCUT2D eigenvalue weighted by Crippen LogP contribution is -2.31. The third kappa shape index (κ3) is 3.10. The second-order valence-electron chi connectivity index (χ2n) is 6.53. The molecule has 0 radical (unpaired) electrons. The lowest BCUT2D eigenvalue weighted by atomic mass is 10.0. The maximum Gasteiger partial charge on any atom is 0.254 e. The standard InChI is InChI=1S/C21H19FN4O/c1-25-12-11-23-20(25)19(14-7-9-15(22)10-8-14)24-21(27)17-13-26(2)18-6-4-3-5-16(17)18/h3-13,19H,1-2H3,(H,24,27). The zero-order chi connectivity index (χ0) is 19.0. The first-order valence-electron chi connectivity index (χ1n) is 8.62. The van der Waals surface area contributed by atoms with Crippen LogP contribution in [0.15, 0.2) is 67.1 Å². The van der Waals surface area contributed by atoms with Crippen LogP contribution in [0, 0.1) is 5.82 Å². The summed E-state index contributed by atoms with van der Waals surface area (Å²) in [6, 6.07) is 13.4. The number of halogens is 1. The SMILES string of the molecule is Cn1ccnc1C(NC(=O)c1cn(C)c2ccccc12)c1ccc(F)cc1. The maximum absolute atomic E-state index is 13.4. The lowest BCUT2D eigenvalue weighted by Gasteiger charge is -2.19. The summed E-state index contributed by atoms with van der Waals surface area (Å²) in [4.78, 5) is 17.5. The number of nitrogens with one attached hydrogen (secondary N) is 1. The molecule has 4 rings (SSSR count). The van der Waals surface area contributed by atoms with Gasteiger partial charge in [0.1, 0.15) is 17.7 Å². The number of hydrogen-bond acceptors (Lipinski definition) is 2. The van der Waals surface area contributed by atoms with Crippen LogP contribution in [0.1, 0.15) is 27.8 Å². The van der Waals surface area contributed by atoms with E-state index in [0.29, 0.717) is 11.4 Å². The molecule has 4 aromatic rings. The zero-order valence-corrected chi connectivity index (χ0v) is 15.1. The average Bonchev–Trinajstić information content (AvgIpc) is 3.24. The summed E-state index contributed by atoms with van der Waals surface area (Å²) in [6.45, 7) is 0. The maximum atomic E-state index is 13.4. The fourth-order valence-electron chi connectivity index (χ4n) is 3.34. The third-order valence-electron chi connectivity index (χ3n) is 4.74. The monoisotopic (exact) mass is 362 g/mol. The van der Waals surface area contributed by atoms with Crippen molar-refractivity contribution in [2.24, 2.45) is 14.1 Å². The molecule has 1 unspecified atom stereocenters. The Hall–Kier alpha value is -3.41. The van der Waals surface area contributed by atoms with Crippen LogP contribution in [-0.2, 0) is 14.1 Å². The molecule has 0 spiro atoms. The Labute approximate surface area is 156 Å². The number of para-hydroxylation sites is 1. The van der Waals surface area contributed by atoms with Gasteiger partial charge in [0.2, 0.25) is 0 Å². The van der Waals surface area contributed by atoms with Gasteiger partial charge in [-0.3, -0.25) is 4.79 Å². The highest BCUT2D eigenvalue weighted by Crippen LogP contribution is 2.24. The van der Waals surface area contributed by atoms with Gasteiger partial charge in [-0.1, -0.05) is 30.3 Å². The van der Waals surface area contributed by atoms with Crippen molar-refractivity contribution < 1.29 is 9.18 Å². The van der Waals surface area contributed by atoms with E-state index in [2.05, 4.69) is 10.3 Å². The normalized spacial score (nSPS) is 12.3. The van der Waals surface area contributed by atoms with Crippen molar-refractivity contribution in [2.45, 2.75) is 6.04 Å². The molecule has 5 nitrogen and oxygen atoms in total. The Balaban J connectivity index is 1.74. The number of nitrogens with zero attached hydrogens (tertiary/aromatic N) is 3. The molecule has 0 aliphatic rings. The highest BCUT2D eigenvalue weighted by atomic mass is 19.1. The Morgan fingerprint density at radius 1 is 1.07 bits per heavy atom. The Kier molecular flexibility index (Phi) is 4.24. The van der Waals surface area contributed by atoms with Crippen LogP contribution in [-0.4, -0.2) is 20.0 Å². The number of amides is 1. The molecule has 0 aliphatic carbocycles. The molecule has 0 saturated carbocycles. The highest BCUT2D eigenvalue weighted by Gasteiger charge is 2.23. The molecule has 1 atom stereocenters. The van der Waals surface area contributed by atoms with Crippen molar-refractivity contribution in [3.8, 4) is 0 Å². The summed E-state index contributed by atoms with van der Waals surface area (Å²) in [5.74, 6) is 0.150. The predicted octanol–water partition coefficient (Wildman–Crippen LogP) is 3.57. The molecule has 0 fully saturated rings. The van der Waals surface area contributed by atoms with Crippen LogP contribution in [0.3, 0.4) is 0 Å². The highest BCUT2D eigenvalue weighted by molar-refractivity contribution is 6.07. The van der Waals surface area contributed by atoms with Crippen molar-refractivity contribution in [3.63, 3.8) is 0 Å². The molecule has 1 amide bonds. The van der Waals surface area contributed by atoms with Gasteiger partial charge in [-0.15, -0.1) is 0 Å². The molecule has 6 heteroatoms. The Bertz CT molecular complexity index is 1110. The summed E-state index contributed by atoms with van der Waals surface area (Å²) < 4.78 is 17.1. The summed E-state index contributed by atoms with van der Waals surface area (Å²) in [5.41, 5.74) is 2.34. The van der Waals surface area contributed by atoms with Crippen molar-refractivity contribution in [1.82, 2.24) is 19.4 Å². The molecular formula is C21H19FN4O. The van der Waals surface area contributed by atoms with Crippen molar-refractivity contribution >= 4 is 16.8 Å². The minimum absolute atomic E-state index is 0.205. The minimum atomic E-state index is -0.489. The first kappa shape index (κ1) is 17.0. The van der Waals surface area contributed by atoms with E-state index >= 15 is 0 Å². The molecule has 2 aromatic carbocycles. The molecule has 0 aliphatic heterocycles. The van der Waals surface area contributed by atoms with E-state index in [1.165, 1.54) is 12.1 Å². The number of fused-ring (bicyclic) bond motifs is 1. The second-order valence-corrected chi connectivity index (χ2v) is 6.53. The van der Waals surface area contributed by atoms with E-state index in [0.717, 1.165) is 16.5 Å². The smallest absolute Gasteiger partial charge is 0.254 e. The van der Waals surface area contributed by atoms with Crippen molar-refractivity contribution in [1.29, 1.82) is 0 Å². The second kappa shape index (κ2) is 6.72. The van der Waals surface area contributed by atoms with Gasteiger partial charge < -0.3 is 14.5 Å². The first-order valence-corrected chi connectivity index (χ1v) is 8.62. The quantitative estimate of drug-likeness (QED) is 0.603. The zero-order valence-electron chi connectivity index (χ0n) is 15.1. The van der Waals surface area contributed by atoms with Crippen LogP contribution in [0.4, 0.5) is 4.39 Å². The third-order valence-corrected chi connectivity index (χ3v) is 4.74. The molecule has 1 N–H and O–H groups in total. The van der Waals surface area contributed by atoms with Crippen LogP contribution in [0.2, 0.25) is 0 Å². The van der Waals surface area contributed by atoms with Crippen LogP contribution in [0.5, 0.6) is 0 Å². The van der Waals surface area contributed by atoms with Gasteiger partial charge in [-0.25, -0.2) is 9.37 Å². The van der Waals surface area contributed by atoms with Gasteiger partial charge in [0.05, 0.1) is 5.56 Å². The lowest BCUT2D eigenvalue weighted by molar-refractivity contribution is 0.0942. The van der Waals surface area contributed by atoms with Crippen molar-refractivity contribution in [3.05, 3.63) is 89.9 Å². The number of carbonyl (C=O) groups excluding carboxylic acids is 1. The van der Waals surface area contributed by atoms with Crippen LogP contribution >= 0.6 is 0 Å². The Morgan fingerprint density at radius 3 is 2.52 bits per heavy atom. The molecule has 27 heavy (non-hydrogen) atoms. The predicted molar refractivity (Wildman–Crippen MR) is 102 cm³/mol. The largest absolute Gasteiger partial charge is 0.350 e. The molecule has 2 heterocycles. The summed E-state index contributed by atoms with van der Waals surface area (Å²) in [5, 5.41) is 3.94. The minimum Gasteiger partial charge on any atom is -0.350 e. The number of carbonyl (C=O) groups is 1. The van der Waals surface area contributed by atoms with E-state index in [1.54, 1.807) is 18.3 Å². The first-order chi connectivity index (χ1) is 13.0.